The van der Waals surface area contributed by atoms with Crippen molar-refractivity contribution >= 4 is 11.6 Å². The molecule has 5 heteroatoms. The molecule has 3 aromatic rings. The molecule has 0 fully saturated rings. The van der Waals surface area contributed by atoms with Gasteiger partial charge in [0.2, 0.25) is 0 Å². The highest BCUT2D eigenvalue weighted by molar-refractivity contribution is 6.01. The molecular weight excluding hydrogens is 338 g/mol. The summed E-state index contributed by atoms with van der Waals surface area (Å²) in [6.07, 6.45) is 2.59. The topological polar surface area (TPSA) is 46.5 Å². The largest absolute Gasteiger partial charge is 0.497 e. The van der Waals surface area contributed by atoms with Gasteiger partial charge in [-0.2, -0.15) is 0 Å². The average Bonchev–Trinajstić information content (AvgIpc) is 3.13. The second kappa shape index (κ2) is 7.19. The van der Waals surface area contributed by atoms with Crippen molar-refractivity contribution in [3.05, 3.63) is 83.7 Å². The second-order valence-corrected chi connectivity index (χ2v) is 6.73. The van der Waals surface area contributed by atoms with Crippen LogP contribution in [0.15, 0.2) is 66.9 Å². The van der Waals surface area contributed by atoms with E-state index in [-0.39, 0.29) is 12.1 Å². The van der Waals surface area contributed by atoms with Crippen LogP contribution in [-0.4, -0.2) is 29.0 Å². The lowest BCUT2D eigenvalue weighted by atomic mass is 10.0. The van der Waals surface area contributed by atoms with E-state index in [9.17, 15) is 4.79 Å². The van der Waals surface area contributed by atoms with Crippen molar-refractivity contribution in [2.45, 2.75) is 12.6 Å². The molecule has 1 N–H and O–H groups in total. The standard InChI is InChI=1S/C22H23N3O2/c1-24-14-5-8-20(24)21-23-19-7-4-3-6-18(19)22(26)25(21)15-13-16-9-11-17(27-2)12-10-16/h3-12,14,21,23H,13,15H2,1-2H3/t21-/m1/s1. The van der Waals surface area contributed by atoms with Gasteiger partial charge >= 0.3 is 0 Å². The van der Waals surface area contributed by atoms with Gasteiger partial charge in [-0.25, -0.2) is 0 Å². The summed E-state index contributed by atoms with van der Waals surface area (Å²) in [5.74, 6) is 0.897. The number of nitrogens with one attached hydrogen (secondary N) is 1. The minimum atomic E-state index is -0.189. The first-order chi connectivity index (χ1) is 13.2. The minimum Gasteiger partial charge on any atom is -0.497 e. The van der Waals surface area contributed by atoms with Gasteiger partial charge in [0.05, 0.1) is 18.4 Å². The zero-order valence-corrected chi connectivity index (χ0v) is 15.6. The third kappa shape index (κ3) is 3.28. The average molecular weight is 361 g/mol. The van der Waals surface area contributed by atoms with E-state index in [2.05, 4.69) is 16.0 Å². The number of benzene rings is 2. The summed E-state index contributed by atoms with van der Waals surface area (Å²) in [6, 6.07) is 19.8. The predicted molar refractivity (Wildman–Crippen MR) is 106 cm³/mol. The van der Waals surface area contributed by atoms with E-state index in [1.165, 1.54) is 5.56 Å². The van der Waals surface area contributed by atoms with Crippen molar-refractivity contribution in [1.82, 2.24) is 9.47 Å². The molecular formula is C22H23N3O2. The van der Waals surface area contributed by atoms with Crippen LogP contribution < -0.4 is 10.1 Å². The summed E-state index contributed by atoms with van der Waals surface area (Å²) in [5.41, 5.74) is 3.84. The number of anilines is 1. The number of carbonyl (C=O) groups is 1. The number of hydrogen-bond donors (Lipinski definition) is 1. The molecule has 0 spiro atoms. The number of para-hydroxylation sites is 1. The number of methoxy groups -OCH3 is 1. The Hall–Kier alpha value is -3.21. The molecule has 2 aromatic carbocycles. The highest BCUT2D eigenvalue weighted by Gasteiger charge is 2.33. The fourth-order valence-electron chi connectivity index (χ4n) is 3.56. The van der Waals surface area contributed by atoms with Crippen molar-refractivity contribution < 1.29 is 9.53 Å². The Morgan fingerprint density at radius 3 is 2.52 bits per heavy atom. The Morgan fingerprint density at radius 2 is 1.81 bits per heavy atom. The van der Waals surface area contributed by atoms with Gasteiger partial charge in [0.25, 0.3) is 5.91 Å². The van der Waals surface area contributed by atoms with E-state index in [4.69, 9.17) is 4.74 Å². The van der Waals surface area contributed by atoms with Gasteiger partial charge < -0.3 is 19.5 Å². The number of amides is 1. The minimum absolute atomic E-state index is 0.0593. The van der Waals surface area contributed by atoms with Gasteiger partial charge in [-0.05, 0) is 48.4 Å². The Morgan fingerprint density at radius 1 is 1.04 bits per heavy atom. The van der Waals surface area contributed by atoms with Gasteiger partial charge in [0.1, 0.15) is 11.9 Å². The van der Waals surface area contributed by atoms with Gasteiger partial charge in [-0.3, -0.25) is 4.79 Å². The number of carbonyl (C=O) groups excluding carboxylic acids is 1. The first-order valence-electron chi connectivity index (χ1n) is 9.08. The Bertz CT molecular complexity index is 946. The lowest BCUT2D eigenvalue weighted by Crippen LogP contribution is -2.44. The molecule has 0 bridgehead atoms. The number of rotatable bonds is 5. The Balaban J connectivity index is 1.62. The Kier molecular flexibility index (Phi) is 4.59. The molecule has 0 radical (unpaired) electrons. The summed E-state index contributed by atoms with van der Waals surface area (Å²) in [6.45, 7) is 0.627. The Labute approximate surface area is 159 Å². The summed E-state index contributed by atoms with van der Waals surface area (Å²) >= 11 is 0. The van der Waals surface area contributed by atoms with E-state index < -0.39 is 0 Å². The number of aromatic nitrogens is 1. The molecule has 1 aliphatic rings. The fraction of sp³-hybridized carbons (Fsp3) is 0.227. The molecule has 27 heavy (non-hydrogen) atoms. The molecule has 138 valence electrons. The summed E-state index contributed by atoms with van der Waals surface area (Å²) < 4.78 is 7.28. The molecule has 1 aromatic heterocycles. The van der Waals surface area contributed by atoms with Crippen molar-refractivity contribution in [2.24, 2.45) is 7.05 Å². The molecule has 1 amide bonds. The monoisotopic (exact) mass is 361 g/mol. The zero-order chi connectivity index (χ0) is 18.8. The SMILES string of the molecule is COc1ccc(CCN2C(=O)c3ccccc3N[C@H]2c2cccn2C)cc1. The van der Waals surface area contributed by atoms with E-state index >= 15 is 0 Å². The fourth-order valence-corrected chi connectivity index (χ4v) is 3.56. The van der Waals surface area contributed by atoms with Crippen LogP contribution in [0.1, 0.15) is 27.8 Å². The quantitative estimate of drug-likeness (QED) is 0.751. The lowest BCUT2D eigenvalue weighted by Gasteiger charge is -2.38. The number of aryl methyl sites for hydroxylation is 1. The second-order valence-electron chi connectivity index (χ2n) is 6.73. The highest BCUT2D eigenvalue weighted by atomic mass is 16.5. The van der Waals surface area contributed by atoms with E-state index in [0.717, 1.165) is 29.1 Å². The smallest absolute Gasteiger partial charge is 0.257 e. The van der Waals surface area contributed by atoms with E-state index in [1.807, 2.05) is 72.7 Å². The van der Waals surface area contributed by atoms with Gasteiger partial charge in [-0.1, -0.05) is 24.3 Å². The maximum atomic E-state index is 13.2. The van der Waals surface area contributed by atoms with Crippen LogP contribution in [0, 0.1) is 0 Å². The zero-order valence-electron chi connectivity index (χ0n) is 15.6. The van der Waals surface area contributed by atoms with Crippen LogP contribution in [0.5, 0.6) is 5.75 Å². The number of nitrogens with zero attached hydrogens (tertiary/aromatic N) is 2. The molecule has 0 saturated carbocycles. The maximum absolute atomic E-state index is 13.2. The normalized spacial score (nSPS) is 16.0. The molecule has 0 saturated heterocycles. The van der Waals surface area contributed by atoms with Crippen molar-refractivity contribution in [3.63, 3.8) is 0 Å². The number of ether oxygens (including phenoxy) is 1. The van der Waals surface area contributed by atoms with Crippen LogP contribution in [0.2, 0.25) is 0 Å². The maximum Gasteiger partial charge on any atom is 0.257 e. The van der Waals surface area contributed by atoms with Crippen LogP contribution in [0.25, 0.3) is 0 Å². The molecule has 4 rings (SSSR count). The van der Waals surface area contributed by atoms with Gasteiger partial charge in [-0.15, -0.1) is 0 Å². The molecule has 5 nitrogen and oxygen atoms in total. The van der Waals surface area contributed by atoms with Crippen LogP contribution in [-0.2, 0) is 13.5 Å². The molecule has 1 aliphatic heterocycles. The third-order valence-corrected chi connectivity index (χ3v) is 5.09. The van der Waals surface area contributed by atoms with Crippen molar-refractivity contribution in [2.75, 3.05) is 19.0 Å². The highest BCUT2D eigenvalue weighted by Crippen LogP contribution is 2.33. The van der Waals surface area contributed by atoms with Crippen molar-refractivity contribution in [1.29, 1.82) is 0 Å². The molecule has 0 unspecified atom stereocenters. The number of fused-ring (bicyclic) bond motifs is 1. The first kappa shape index (κ1) is 17.2. The van der Waals surface area contributed by atoms with Gasteiger partial charge in [0.15, 0.2) is 0 Å². The van der Waals surface area contributed by atoms with E-state index in [1.54, 1.807) is 7.11 Å². The van der Waals surface area contributed by atoms with E-state index in [0.29, 0.717) is 6.54 Å². The molecule has 0 aliphatic carbocycles. The van der Waals surface area contributed by atoms with Crippen LogP contribution in [0.3, 0.4) is 0 Å². The van der Waals surface area contributed by atoms with Crippen LogP contribution in [0.4, 0.5) is 5.69 Å². The molecule has 1 atom stereocenters. The summed E-state index contributed by atoms with van der Waals surface area (Å²) in [4.78, 5) is 15.1. The molecule has 2 heterocycles. The van der Waals surface area contributed by atoms with Crippen molar-refractivity contribution in [3.8, 4) is 5.75 Å². The summed E-state index contributed by atoms with van der Waals surface area (Å²) in [5, 5.41) is 3.54. The van der Waals surface area contributed by atoms with Gasteiger partial charge in [0, 0.05) is 25.5 Å². The third-order valence-electron chi connectivity index (χ3n) is 5.09. The van der Waals surface area contributed by atoms with Crippen LogP contribution >= 0.6 is 0 Å². The predicted octanol–water partition coefficient (Wildman–Crippen LogP) is 3.84. The summed E-state index contributed by atoms with van der Waals surface area (Å²) in [7, 11) is 3.67. The number of hydrogen-bond acceptors (Lipinski definition) is 3. The lowest BCUT2D eigenvalue weighted by molar-refractivity contribution is 0.0680. The first-order valence-corrected chi connectivity index (χ1v) is 9.08.